The Morgan fingerprint density at radius 3 is 2.87 bits per heavy atom. The van der Waals surface area contributed by atoms with Crippen LogP contribution in [0.25, 0.3) is 0 Å². The van der Waals surface area contributed by atoms with Crippen LogP contribution in [0.1, 0.15) is 19.5 Å². The van der Waals surface area contributed by atoms with Gasteiger partial charge in [0, 0.05) is 19.0 Å². The smallest absolute Gasteiger partial charge is 0.244 e. The van der Waals surface area contributed by atoms with Crippen LogP contribution in [0.3, 0.4) is 0 Å². The molecule has 1 aromatic heterocycles. The summed E-state index contributed by atoms with van der Waals surface area (Å²) in [6.07, 6.45) is 0. The fraction of sp³-hybridized carbons (Fsp3) is 0.600. The molecule has 1 amide bonds. The lowest BCUT2D eigenvalue weighted by atomic mass is 10.3. The molecular formula is C10H17N3OS. The lowest BCUT2D eigenvalue weighted by molar-refractivity contribution is -0.130. The van der Waals surface area contributed by atoms with Crippen molar-refractivity contribution in [1.29, 1.82) is 0 Å². The molecule has 1 heterocycles. The van der Waals surface area contributed by atoms with E-state index in [1.807, 2.05) is 26.2 Å². The highest BCUT2D eigenvalue weighted by molar-refractivity contribution is 7.13. The van der Waals surface area contributed by atoms with Gasteiger partial charge in [-0.2, -0.15) is 0 Å². The molecule has 0 bridgehead atoms. The van der Waals surface area contributed by atoms with E-state index in [1.165, 1.54) is 11.3 Å². The summed E-state index contributed by atoms with van der Waals surface area (Å²) >= 11 is 1.52. The molecule has 0 radical (unpaired) electrons. The van der Waals surface area contributed by atoms with Crippen molar-refractivity contribution in [2.24, 2.45) is 0 Å². The van der Waals surface area contributed by atoms with E-state index in [2.05, 4.69) is 10.3 Å². The second-order valence-corrected chi connectivity index (χ2v) is 4.37. The Hall–Kier alpha value is -1.10. The molecule has 0 saturated heterocycles. The Morgan fingerprint density at radius 2 is 2.40 bits per heavy atom. The quantitative estimate of drug-likeness (QED) is 0.852. The van der Waals surface area contributed by atoms with Crippen molar-refractivity contribution < 1.29 is 4.79 Å². The number of aromatic nitrogens is 1. The van der Waals surface area contributed by atoms with E-state index < -0.39 is 0 Å². The number of carbonyl (C=O) groups is 1. The molecule has 0 spiro atoms. The first-order chi connectivity index (χ1) is 7.04. The Labute approximate surface area is 94.3 Å². The minimum Gasteiger partial charge on any atom is -0.350 e. The molecule has 0 aliphatic heterocycles. The van der Waals surface area contributed by atoms with E-state index >= 15 is 0 Å². The Morgan fingerprint density at radius 1 is 1.73 bits per heavy atom. The van der Waals surface area contributed by atoms with Crippen LogP contribution in [-0.4, -0.2) is 35.4 Å². The van der Waals surface area contributed by atoms with Gasteiger partial charge in [0.05, 0.1) is 5.69 Å². The minimum absolute atomic E-state index is 0.0883. The third kappa shape index (κ3) is 3.20. The van der Waals surface area contributed by atoms with Crippen LogP contribution in [0.4, 0.5) is 5.13 Å². The number of hydrogen-bond acceptors (Lipinski definition) is 4. The van der Waals surface area contributed by atoms with Gasteiger partial charge in [0.1, 0.15) is 6.04 Å². The number of likely N-dealkylation sites (N-methyl/N-ethyl adjacent to an activating group) is 1. The maximum atomic E-state index is 11.7. The highest BCUT2D eigenvalue weighted by atomic mass is 32.1. The molecule has 84 valence electrons. The van der Waals surface area contributed by atoms with Crippen LogP contribution < -0.4 is 5.32 Å². The first kappa shape index (κ1) is 12.0. The van der Waals surface area contributed by atoms with Crippen molar-refractivity contribution in [2.45, 2.75) is 26.8 Å². The minimum atomic E-state index is -0.222. The number of rotatable bonds is 4. The van der Waals surface area contributed by atoms with Crippen LogP contribution in [0.15, 0.2) is 5.38 Å². The summed E-state index contributed by atoms with van der Waals surface area (Å²) in [5, 5.41) is 5.86. The maximum absolute atomic E-state index is 11.7. The van der Waals surface area contributed by atoms with Crippen molar-refractivity contribution in [2.75, 3.05) is 18.9 Å². The van der Waals surface area contributed by atoms with E-state index in [0.29, 0.717) is 0 Å². The van der Waals surface area contributed by atoms with Gasteiger partial charge in [0.25, 0.3) is 0 Å². The van der Waals surface area contributed by atoms with Crippen molar-refractivity contribution >= 4 is 22.4 Å². The van der Waals surface area contributed by atoms with E-state index in [4.69, 9.17) is 0 Å². The predicted molar refractivity (Wildman–Crippen MR) is 63.2 cm³/mol. The zero-order chi connectivity index (χ0) is 11.4. The lowest BCUT2D eigenvalue weighted by Gasteiger charge is -2.20. The Balaban J connectivity index is 2.55. The average molecular weight is 227 g/mol. The second-order valence-electron chi connectivity index (χ2n) is 3.51. The van der Waals surface area contributed by atoms with Gasteiger partial charge in [0.15, 0.2) is 5.13 Å². The number of nitrogens with one attached hydrogen (secondary N) is 1. The normalized spacial score (nSPS) is 12.3. The molecule has 0 aromatic carbocycles. The predicted octanol–water partition coefficient (Wildman–Crippen LogP) is 1.73. The van der Waals surface area contributed by atoms with Gasteiger partial charge in [-0.15, -0.1) is 11.3 Å². The summed E-state index contributed by atoms with van der Waals surface area (Å²) in [6, 6.07) is -0.222. The zero-order valence-electron chi connectivity index (χ0n) is 9.57. The van der Waals surface area contributed by atoms with Crippen LogP contribution >= 0.6 is 11.3 Å². The molecule has 1 N–H and O–H groups in total. The number of amides is 1. The standard InChI is InChI=1S/C10H17N3OS/c1-5-13(4)9(14)8(3)12-10-11-7(2)6-15-10/h6,8H,5H2,1-4H3,(H,11,12). The molecule has 1 unspecified atom stereocenters. The Bertz CT molecular complexity index is 337. The summed E-state index contributed by atoms with van der Waals surface area (Å²) in [4.78, 5) is 17.7. The highest BCUT2D eigenvalue weighted by Crippen LogP contribution is 2.15. The number of nitrogens with zero attached hydrogens (tertiary/aromatic N) is 2. The molecule has 0 aliphatic rings. The fourth-order valence-electron chi connectivity index (χ4n) is 1.15. The molecule has 15 heavy (non-hydrogen) atoms. The molecule has 1 atom stereocenters. The zero-order valence-corrected chi connectivity index (χ0v) is 10.4. The first-order valence-electron chi connectivity index (χ1n) is 4.98. The lowest BCUT2D eigenvalue weighted by Crippen LogP contribution is -2.38. The molecule has 0 fully saturated rings. The van der Waals surface area contributed by atoms with E-state index in [-0.39, 0.29) is 11.9 Å². The monoisotopic (exact) mass is 227 g/mol. The molecule has 1 aromatic rings. The van der Waals surface area contributed by atoms with Gasteiger partial charge in [0.2, 0.25) is 5.91 Å². The molecule has 0 saturated carbocycles. The summed E-state index contributed by atoms with van der Waals surface area (Å²) in [6.45, 7) is 6.47. The molecule has 4 nitrogen and oxygen atoms in total. The van der Waals surface area contributed by atoms with Gasteiger partial charge in [-0.05, 0) is 20.8 Å². The Kier molecular flexibility index (Phi) is 4.08. The topological polar surface area (TPSA) is 45.2 Å². The van der Waals surface area contributed by atoms with Crippen molar-refractivity contribution in [3.63, 3.8) is 0 Å². The number of thiazole rings is 1. The van der Waals surface area contributed by atoms with Crippen molar-refractivity contribution in [3.05, 3.63) is 11.1 Å². The number of anilines is 1. The summed E-state index contributed by atoms with van der Waals surface area (Å²) in [7, 11) is 1.80. The van der Waals surface area contributed by atoms with Gasteiger partial charge in [-0.25, -0.2) is 4.98 Å². The van der Waals surface area contributed by atoms with Crippen LogP contribution in [0.2, 0.25) is 0 Å². The van der Waals surface area contributed by atoms with Crippen LogP contribution in [-0.2, 0) is 4.79 Å². The summed E-state index contributed by atoms with van der Waals surface area (Å²) in [5.41, 5.74) is 0.978. The van der Waals surface area contributed by atoms with E-state index in [0.717, 1.165) is 17.4 Å². The van der Waals surface area contributed by atoms with Crippen molar-refractivity contribution in [3.8, 4) is 0 Å². The van der Waals surface area contributed by atoms with Crippen LogP contribution in [0, 0.1) is 6.92 Å². The number of aryl methyl sites for hydroxylation is 1. The van der Waals surface area contributed by atoms with Gasteiger partial charge >= 0.3 is 0 Å². The number of carbonyl (C=O) groups excluding carboxylic acids is 1. The third-order valence-electron chi connectivity index (χ3n) is 2.18. The SMILES string of the molecule is CCN(C)C(=O)C(C)Nc1nc(C)cs1. The summed E-state index contributed by atoms with van der Waals surface area (Å²) < 4.78 is 0. The molecule has 5 heteroatoms. The molecule has 1 rings (SSSR count). The molecule has 0 aliphatic carbocycles. The van der Waals surface area contributed by atoms with Gasteiger partial charge in [-0.3, -0.25) is 4.79 Å². The fourth-order valence-corrected chi connectivity index (χ4v) is 1.93. The largest absolute Gasteiger partial charge is 0.350 e. The van der Waals surface area contributed by atoms with Crippen molar-refractivity contribution in [1.82, 2.24) is 9.88 Å². The van der Waals surface area contributed by atoms with Gasteiger partial charge in [-0.1, -0.05) is 0 Å². The average Bonchev–Trinajstić information content (AvgIpc) is 2.61. The van der Waals surface area contributed by atoms with E-state index in [9.17, 15) is 4.79 Å². The summed E-state index contributed by atoms with van der Waals surface area (Å²) in [5.74, 6) is 0.0883. The maximum Gasteiger partial charge on any atom is 0.244 e. The third-order valence-corrected chi connectivity index (χ3v) is 3.07. The van der Waals surface area contributed by atoms with Crippen LogP contribution in [0.5, 0.6) is 0 Å². The van der Waals surface area contributed by atoms with Gasteiger partial charge < -0.3 is 10.2 Å². The first-order valence-corrected chi connectivity index (χ1v) is 5.86. The molecular weight excluding hydrogens is 210 g/mol. The highest BCUT2D eigenvalue weighted by Gasteiger charge is 2.16. The second kappa shape index (κ2) is 5.11. The number of hydrogen-bond donors (Lipinski definition) is 1. The van der Waals surface area contributed by atoms with E-state index in [1.54, 1.807) is 11.9 Å².